The van der Waals surface area contributed by atoms with Gasteiger partial charge in [-0.3, -0.25) is 0 Å². The lowest BCUT2D eigenvalue weighted by Crippen LogP contribution is -2.19. The molecule has 1 aliphatic heterocycles. The molecule has 0 spiro atoms. The van der Waals surface area contributed by atoms with Gasteiger partial charge in [-0.2, -0.15) is 11.8 Å². The van der Waals surface area contributed by atoms with Gasteiger partial charge in [0.2, 0.25) is 0 Å². The van der Waals surface area contributed by atoms with E-state index in [1.54, 1.807) is 0 Å². The molecule has 1 aromatic heterocycles. The molecule has 1 aromatic rings. The van der Waals surface area contributed by atoms with Crippen molar-refractivity contribution < 1.29 is 0 Å². The summed E-state index contributed by atoms with van der Waals surface area (Å²) in [5, 5.41) is 4.38. The molecule has 2 rings (SSSR count). The Morgan fingerprint density at radius 2 is 2.05 bits per heavy atom. The number of thioether (sulfide) groups is 2. The van der Waals surface area contributed by atoms with Crippen molar-refractivity contribution in [2.24, 2.45) is 0 Å². The van der Waals surface area contributed by atoms with E-state index in [9.17, 15) is 0 Å². The van der Waals surface area contributed by atoms with Crippen LogP contribution in [0.1, 0.15) is 37.0 Å². The number of aryl methyl sites for hydroxylation is 1. The number of nitrogens with zero attached hydrogens (tertiary/aromatic N) is 2. The summed E-state index contributed by atoms with van der Waals surface area (Å²) in [7, 11) is 0. The predicted molar refractivity (Wildman–Crippen MR) is 90.4 cm³/mol. The van der Waals surface area contributed by atoms with Gasteiger partial charge in [0, 0.05) is 23.3 Å². The summed E-state index contributed by atoms with van der Waals surface area (Å²) in [5.74, 6) is 4.34. The molecule has 1 aliphatic rings. The van der Waals surface area contributed by atoms with Crippen LogP contribution in [0, 0.1) is 6.92 Å². The zero-order valence-electron chi connectivity index (χ0n) is 11.6. The fraction of sp³-hybridized carbons (Fsp3) is 0.692. The Hall–Kier alpha value is 0.0600. The second-order valence-corrected chi connectivity index (χ2v) is 8.15. The van der Waals surface area contributed by atoms with E-state index in [2.05, 4.69) is 40.1 Å². The molecule has 0 saturated carbocycles. The van der Waals surface area contributed by atoms with Crippen molar-refractivity contribution in [3.05, 3.63) is 16.0 Å². The highest BCUT2D eigenvalue weighted by Crippen LogP contribution is 2.41. The Morgan fingerprint density at radius 3 is 2.74 bits per heavy atom. The Balaban J connectivity index is 2.27. The number of rotatable bonds is 4. The van der Waals surface area contributed by atoms with E-state index in [0.717, 1.165) is 34.8 Å². The summed E-state index contributed by atoms with van der Waals surface area (Å²) >= 11 is 7.59. The highest BCUT2D eigenvalue weighted by atomic mass is 79.9. The maximum Gasteiger partial charge on any atom is 0.145 e. The van der Waals surface area contributed by atoms with Crippen molar-refractivity contribution in [3.8, 4) is 0 Å². The van der Waals surface area contributed by atoms with Crippen LogP contribution >= 0.6 is 39.5 Å². The fourth-order valence-electron chi connectivity index (χ4n) is 1.99. The van der Waals surface area contributed by atoms with Crippen molar-refractivity contribution in [2.45, 2.75) is 37.7 Å². The lowest BCUT2D eigenvalue weighted by molar-refractivity contribution is 0.809. The minimum atomic E-state index is 0.410. The predicted octanol–water partition coefficient (Wildman–Crippen LogP) is 4.28. The van der Waals surface area contributed by atoms with Gasteiger partial charge in [-0.25, -0.2) is 9.97 Å². The van der Waals surface area contributed by atoms with Crippen molar-refractivity contribution in [3.63, 3.8) is 0 Å². The average molecular weight is 362 g/mol. The van der Waals surface area contributed by atoms with Crippen LogP contribution in [0.4, 0.5) is 5.82 Å². The summed E-state index contributed by atoms with van der Waals surface area (Å²) in [4.78, 5) is 9.42. The fourth-order valence-corrected chi connectivity index (χ4v) is 4.99. The zero-order valence-corrected chi connectivity index (χ0v) is 14.8. The van der Waals surface area contributed by atoms with Gasteiger partial charge < -0.3 is 5.32 Å². The first-order valence-electron chi connectivity index (χ1n) is 6.64. The quantitative estimate of drug-likeness (QED) is 0.865. The molecule has 1 fully saturated rings. The van der Waals surface area contributed by atoms with Crippen molar-refractivity contribution in [2.75, 3.05) is 23.4 Å². The number of nitrogens with one attached hydrogen (secondary N) is 1. The van der Waals surface area contributed by atoms with E-state index in [4.69, 9.17) is 4.98 Å². The van der Waals surface area contributed by atoms with E-state index in [1.165, 1.54) is 11.5 Å². The molecule has 2 heterocycles. The Bertz CT molecular complexity index is 442. The maximum absolute atomic E-state index is 4.74. The third kappa shape index (κ3) is 3.79. The minimum absolute atomic E-state index is 0.410. The molecule has 2 atom stereocenters. The minimum Gasteiger partial charge on any atom is -0.369 e. The van der Waals surface area contributed by atoms with Gasteiger partial charge in [0.15, 0.2) is 0 Å². The molecule has 2 unspecified atom stereocenters. The first kappa shape index (κ1) is 15.4. The molecule has 106 valence electrons. The van der Waals surface area contributed by atoms with Gasteiger partial charge in [0.25, 0.3) is 0 Å². The summed E-state index contributed by atoms with van der Waals surface area (Å²) in [5.41, 5.74) is 1.02. The first-order chi connectivity index (χ1) is 9.13. The highest BCUT2D eigenvalue weighted by Gasteiger charge is 2.27. The van der Waals surface area contributed by atoms with Crippen LogP contribution < -0.4 is 5.32 Å². The maximum atomic E-state index is 4.74. The zero-order chi connectivity index (χ0) is 13.8. The van der Waals surface area contributed by atoms with Crippen LogP contribution in [0.2, 0.25) is 0 Å². The Morgan fingerprint density at radius 1 is 1.32 bits per heavy atom. The smallest absolute Gasteiger partial charge is 0.145 e. The second-order valence-electron chi connectivity index (χ2n) is 4.62. The third-order valence-corrected chi connectivity index (χ3v) is 7.05. The van der Waals surface area contributed by atoms with Gasteiger partial charge in [0.1, 0.15) is 11.6 Å². The normalized spacial score (nSPS) is 23.4. The standard InChI is InChI=1S/C13H20BrN3S2/c1-4-5-15-12-10(14)8(2)16-13(17-12)11-9(3)18-6-7-19-11/h9,11H,4-7H2,1-3H3,(H,15,16,17). The Labute approximate surface area is 132 Å². The molecule has 1 N–H and O–H groups in total. The van der Waals surface area contributed by atoms with E-state index >= 15 is 0 Å². The number of halogens is 1. The molecular formula is C13H20BrN3S2. The second kappa shape index (κ2) is 7.18. The van der Waals surface area contributed by atoms with Crippen LogP contribution in [-0.4, -0.2) is 33.3 Å². The van der Waals surface area contributed by atoms with Gasteiger partial charge in [-0.15, -0.1) is 11.8 Å². The molecule has 0 aliphatic carbocycles. The largest absolute Gasteiger partial charge is 0.369 e. The lowest BCUT2D eigenvalue weighted by atomic mass is 10.3. The van der Waals surface area contributed by atoms with Crippen LogP contribution in [0.15, 0.2) is 4.47 Å². The van der Waals surface area contributed by atoms with Crippen molar-refractivity contribution in [1.82, 2.24) is 9.97 Å². The molecule has 3 nitrogen and oxygen atoms in total. The topological polar surface area (TPSA) is 37.8 Å². The number of hydrogen-bond acceptors (Lipinski definition) is 5. The van der Waals surface area contributed by atoms with Crippen molar-refractivity contribution in [1.29, 1.82) is 0 Å². The SMILES string of the molecule is CCCNc1nc(C2SCCSC2C)nc(C)c1Br. The molecule has 0 radical (unpaired) electrons. The number of anilines is 1. The van der Waals surface area contributed by atoms with E-state index in [-0.39, 0.29) is 0 Å². The molecule has 0 amide bonds. The summed E-state index contributed by atoms with van der Waals surface area (Å²) < 4.78 is 0.991. The number of hydrogen-bond donors (Lipinski definition) is 1. The van der Waals surface area contributed by atoms with Gasteiger partial charge in [0.05, 0.1) is 15.4 Å². The molecule has 6 heteroatoms. The van der Waals surface area contributed by atoms with Gasteiger partial charge in [-0.1, -0.05) is 13.8 Å². The monoisotopic (exact) mass is 361 g/mol. The summed E-state index contributed by atoms with van der Waals surface area (Å²) in [6.07, 6.45) is 1.09. The number of aromatic nitrogens is 2. The Kier molecular flexibility index (Phi) is 5.84. The molecule has 0 aromatic carbocycles. The molecule has 19 heavy (non-hydrogen) atoms. The average Bonchev–Trinajstić information content (AvgIpc) is 2.41. The lowest BCUT2D eigenvalue weighted by Gasteiger charge is -2.27. The summed E-state index contributed by atoms with van der Waals surface area (Å²) in [6.45, 7) is 7.42. The highest BCUT2D eigenvalue weighted by molar-refractivity contribution is 9.10. The first-order valence-corrected chi connectivity index (χ1v) is 9.53. The van der Waals surface area contributed by atoms with Gasteiger partial charge >= 0.3 is 0 Å². The molecular weight excluding hydrogens is 342 g/mol. The van der Waals surface area contributed by atoms with Crippen LogP contribution in [0.25, 0.3) is 0 Å². The van der Waals surface area contributed by atoms with Crippen molar-refractivity contribution >= 4 is 45.3 Å². The molecule has 0 bridgehead atoms. The third-order valence-electron chi connectivity index (χ3n) is 3.02. The van der Waals surface area contributed by atoms with Crippen LogP contribution in [-0.2, 0) is 0 Å². The van der Waals surface area contributed by atoms with Crippen LogP contribution in [0.5, 0.6) is 0 Å². The molecule has 1 saturated heterocycles. The van der Waals surface area contributed by atoms with E-state index < -0.39 is 0 Å². The van der Waals surface area contributed by atoms with Crippen LogP contribution in [0.3, 0.4) is 0 Å². The summed E-state index contributed by atoms with van der Waals surface area (Å²) in [6, 6.07) is 0. The van der Waals surface area contributed by atoms with Gasteiger partial charge in [-0.05, 0) is 29.3 Å². The van der Waals surface area contributed by atoms with E-state index in [1.807, 2.05) is 30.4 Å². The van der Waals surface area contributed by atoms with E-state index in [0.29, 0.717) is 10.5 Å².